The lowest BCUT2D eigenvalue weighted by molar-refractivity contribution is -0.125. The second kappa shape index (κ2) is 13.2. The van der Waals surface area contributed by atoms with Crippen molar-refractivity contribution in [1.82, 2.24) is 19.8 Å². The van der Waals surface area contributed by atoms with Crippen molar-refractivity contribution >= 4 is 27.3 Å². The standard InChI is InChI=1S/C37H35FN4O4S/c1-3-32(43)41-14-11-28(22-41)42-21-26(6-9-33(42)44)36-34(29-8-7-27(38)19-31(29)46-16-15-45-2)37-30(12-17-47-37)35(40-36)24-4-5-25-20-39-13-10-23(25)18-24/h3-9,12,17-19,21,28,39H,1,10-11,13-16,20,22H2,2H3/t28-/m0/s1. The maximum Gasteiger partial charge on any atom is 0.250 e. The number of hydrogen-bond acceptors (Lipinski definition) is 7. The van der Waals surface area contributed by atoms with Gasteiger partial charge in [0.15, 0.2) is 0 Å². The summed E-state index contributed by atoms with van der Waals surface area (Å²) in [4.78, 5) is 32.7. The van der Waals surface area contributed by atoms with E-state index in [1.165, 1.54) is 29.3 Å². The average Bonchev–Trinajstić information content (AvgIpc) is 3.79. The number of aromatic nitrogens is 2. The molecule has 0 radical (unpaired) electrons. The third kappa shape index (κ3) is 6.00. The number of pyridine rings is 2. The molecule has 1 amide bonds. The fourth-order valence-electron chi connectivity index (χ4n) is 6.61. The van der Waals surface area contributed by atoms with Crippen molar-refractivity contribution in [2.45, 2.75) is 25.4 Å². The summed E-state index contributed by atoms with van der Waals surface area (Å²) in [7, 11) is 1.59. The molecule has 1 saturated heterocycles. The summed E-state index contributed by atoms with van der Waals surface area (Å²) in [6, 6.07) is 16.3. The van der Waals surface area contributed by atoms with Crippen LogP contribution in [0.4, 0.5) is 4.39 Å². The van der Waals surface area contributed by atoms with Crippen LogP contribution in [0.2, 0.25) is 0 Å². The van der Waals surface area contributed by atoms with Crippen LogP contribution in [0.5, 0.6) is 5.75 Å². The zero-order chi connectivity index (χ0) is 32.5. The number of likely N-dealkylation sites (tertiary alicyclic amines) is 1. The minimum Gasteiger partial charge on any atom is -0.490 e. The first kappa shape index (κ1) is 31.0. The summed E-state index contributed by atoms with van der Waals surface area (Å²) in [6.45, 7) is 6.95. The van der Waals surface area contributed by atoms with Crippen LogP contribution >= 0.6 is 11.3 Å². The molecule has 0 bridgehead atoms. The lowest BCUT2D eigenvalue weighted by atomic mass is 9.93. The first-order valence-electron chi connectivity index (χ1n) is 15.7. The molecule has 2 aliphatic heterocycles. The summed E-state index contributed by atoms with van der Waals surface area (Å²) < 4.78 is 28.6. The average molecular weight is 651 g/mol. The Morgan fingerprint density at radius 1 is 1.11 bits per heavy atom. The van der Waals surface area contributed by atoms with E-state index in [1.54, 1.807) is 46.1 Å². The summed E-state index contributed by atoms with van der Waals surface area (Å²) in [6.07, 6.45) is 4.74. The van der Waals surface area contributed by atoms with E-state index in [0.29, 0.717) is 43.1 Å². The Labute approximate surface area is 276 Å². The number of nitrogens with one attached hydrogen (secondary N) is 1. The highest BCUT2D eigenvalue weighted by Crippen LogP contribution is 2.46. The number of amides is 1. The molecule has 47 heavy (non-hydrogen) atoms. The van der Waals surface area contributed by atoms with Gasteiger partial charge in [0.1, 0.15) is 18.2 Å². The Morgan fingerprint density at radius 2 is 1.98 bits per heavy atom. The molecule has 5 heterocycles. The number of hydrogen-bond donors (Lipinski definition) is 1. The number of halogens is 1. The third-order valence-corrected chi connectivity index (χ3v) is 9.92. The van der Waals surface area contributed by atoms with Gasteiger partial charge in [0.05, 0.1) is 24.0 Å². The monoisotopic (exact) mass is 650 g/mol. The number of ether oxygens (including phenoxy) is 2. The Morgan fingerprint density at radius 3 is 2.83 bits per heavy atom. The number of carbonyl (C=O) groups excluding carboxylic acids is 1. The highest BCUT2D eigenvalue weighted by Gasteiger charge is 2.28. The predicted octanol–water partition coefficient (Wildman–Crippen LogP) is 6.23. The minimum atomic E-state index is -0.410. The lowest BCUT2D eigenvalue weighted by Gasteiger charge is -2.21. The first-order valence-corrected chi connectivity index (χ1v) is 16.6. The topological polar surface area (TPSA) is 85.7 Å². The summed E-state index contributed by atoms with van der Waals surface area (Å²) in [5, 5.41) is 6.47. The zero-order valence-electron chi connectivity index (χ0n) is 26.1. The van der Waals surface area contributed by atoms with Crippen molar-refractivity contribution in [1.29, 1.82) is 0 Å². The number of methoxy groups -OCH3 is 1. The van der Waals surface area contributed by atoms with Crippen molar-refractivity contribution in [3.8, 4) is 39.4 Å². The van der Waals surface area contributed by atoms with Crippen LogP contribution in [0.3, 0.4) is 0 Å². The molecule has 8 nitrogen and oxygen atoms in total. The van der Waals surface area contributed by atoms with Gasteiger partial charge in [-0.25, -0.2) is 9.37 Å². The Bertz CT molecular complexity index is 2050. The van der Waals surface area contributed by atoms with Crippen molar-refractivity contribution in [3.05, 3.63) is 106 Å². The van der Waals surface area contributed by atoms with E-state index in [-0.39, 0.29) is 24.1 Å². The summed E-state index contributed by atoms with van der Waals surface area (Å²) in [5.41, 5.74) is 7.18. The van der Waals surface area contributed by atoms with Crippen LogP contribution in [-0.4, -0.2) is 60.3 Å². The SMILES string of the molecule is C=CC(=O)N1CC[C@H](n2cc(-c3nc(-c4ccc5c(c4)CCNC5)c4ccsc4c3-c3ccc(F)cc3OCCOC)ccc2=O)C1. The molecule has 5 aromatic rings. The van der Waals surface area contributed by atoms with Crippen molar-refractivity contribution in [3.63, 3.8) is 0 Å². The van der Waals surface area contributed by atoms with E-state index in [1.807, 2.05) is 11.6 Å². The minimum absolute atomic E-state index is 0.147. The Hall–Kier alpha value is -4.64. The van der Waals surface area contributed by atoms with Crippen LogP contribution in [0, 0.1) is 5.82 Å². The lowest BCUT2D eigenvalue weighted by Crippen LogP contribution is -2.30. The fourth-order valence-corrected chi connectivity index (χ4v) is 7.57. The van der Waals surface area contributed by atoms with Gasteiger partial charge in [-0.1, -0.05) is 18.7 Å². The number of fused-ring (bicyclic) bond motifs is 2. The maximum atomic E-state index is 14.7. The molecule has 2 aliphatic rings. The van der Waals surface area contributed by atoms with E-state index >= 15 is 0 Å². The third-order valence-electron chi connectivity index (χ3n) is 8.99. The van der Waals surface area contributed by atoms with E-state index < -0.39 is 5.82 Å². The molecule has 2 aromatic carbocycles. The quantitative estimate of drug-likeness (QED) is 0.151. The van der Waals surface area contributed by atoms with Gasteiger partial charge >= 0.3 is 0 Å². The zero-order valence-corrected chi connectivity index (χ0v) is 26.9. The van der Waals surface area contributed by atoms with Gasteiger partial charge in [-0.3, -0.25) is 9.59 Å². The van der Waals surface area contributed by atoms with E-state index in [9.17, 15) is 14.0 Å². The first-order chi connectivity index (χ1) is 22.9. The largest absolute Gasteiger partial charge is 0.490 e. The van der Waals surface area contributed by atoms with Gasteiger partial charge in [-0.2, -0.15) is 0 Å². The summed E-state index contributed by atoms with van der Waals surface area (Å²) >= 11 is 1.59. The van der Waals surface area contributed by atoms with Crippen molar-refractivity contribution < 1.29 is 18.7 Å². The van der Waals surface area contributed by atoms with Gasteiger partial charge in [0.25, 0.3) is 5.56 Å². The van der Waals surface area contributed by atoms with Crippen LogP contribution in [0.15, 0.2) is 83.6 Å². The maximum absolute atomic E-state index is 14.7. The number of rotatable bonds is 9. The van der Waals surface area contributed by atoms with E-state index in [0.717, 1.165) is 52.0 Å². The number of carbonyl (C=O) groups is 1. The Balaban J connectivity index is 1.44. The molecule has 10 heteroatoms. The van der Waals surface area contributed by atoms with Gasteiger partial charge in [-0.05, 0) is 72.3 Å². The molecular weight excluding hydrogens is 615 g/mol. The molecule has 1 atom stereocenters. The molecule has 0 aliphatic carbocycles. The van der Waals surface area contributed by atoms with E-state index in [4.69, 9.17) is 14.5 Å². The van der Waals surface area contributed by atoms with Crippen LogP contribution in [0.25, 0.3) is 43.7 Å². The molecule has 7 rings (SSSR count). The van der Waals surface area contributed by atoms with Gasteiger partial charge in [-0.15, -0.1) is 11.3 Å². The van der Waals surface area contributed by atoms with Crippen LogP contribution < -0.4 is 15.6 Å². The van der Waals surface area contributed by atoms with Crippen LogP contribution in [-0.2, 0) is 22.5 Å². The molecule has 3 aromatic heterocycles. The second-order valence-corrected chi connectivity index (χ2v) is 12.7. The highest BCUT2D eigenvalue weighted by atomic mass is 32.1. The molecular formula is C37H35FN4O4S. The summed E-state index contributed by atoms with van der Waals surface area (Å²) in [5.74, 6) is -0.171. The number of benzene rings is 2. The van der Waals surface area contributed by atoms with Gasteiger partial charge in [0, 0.05) is 77.4 Å². The smallest absolute Gasteiger partial charge is 0.250 e. The van der Waals surface area contributed by atoms with Crippen molar-refractivity contribution in [2.75, 3.05) is 40.0 Å². The molecule has 0 saturated carbocycles. The van der Waals surface area contributed by atoms with Crippen LogP contribution in [0.1, 0.15) is 23.6 Å². The molecule has 0 unspecified atom stereocenters. The highest BCUT2D eigenvalue weighted by molar-refractivity contribution is 7.18. The van der Waals surface area contributed by atoms with Gasteiger partial charge < -0.3 is 24.3 Å². The number of nitrogens with zero attached hydrogens (tertiary/aromatic N) is 3. The van der Waals surface area contributed by atoms with Gasteiger partial charge in [0.2, 0.25) is 5.91 Å². The Kier molecular flexibility index (Phi) is 8.72. The molecule has 1 fully saturated rings. The molecule has 240 valence electrons. The van der Waals surface area contributed by atoms with E-state index in [2.05, 4.69) is 36.2 Å². The molecule has 1 N–H and O–H groups in total. The normalized spacial score (nSPS) is 16.0. The fraction of sp³-hybridized carbons (Fsp3) is 0.270. The molecule has 0 spiro atoms. The predicted molar refractivity (Wildman–Crippen MR) is 183 cm³/mol. The second-order valence-electron chi connectivity index (χ2n) is 11.8. The number of thiophene rings is 1. The van der Waals surface area contributed by atoms with Crippen molar-refractivity contribution in [2.24, 2.45) is 0 Å².